The Morgan fingerprint density at radius 3 is 1.93 bits per heavy atom. The van der Waals surface area contributed by atoms with Crippen LogP contribution in [0.2, 0.25) is 0 Å². The van der Waals surface area contributed by atoms with E-state index in [1.165, 1.54) is 13.8 Å². The summed E-state index contributed by atoms with van der Waals surface area (Å²) in [5.74, 6) is -3.19. The van der Waals surface area contributed by atoms with Crippen LogP contribution in [0.5, 0.6) is 0 Å². The summed E-state index contributed by atoms with van der Waals surface area (Å²) in [7, 11) is 0. The van der Waals surface area contributed by atoms with Crippen molar-refractivity contribution in [3.8, 4) is 0 Å². The van der Waals surface area contributed by atoms with E-state index in [9.17, 15) is 24.0 Å². The summed E-state index contributed by atoms with van der Waals surface area (Å²) < 4.78 is 26.5. The maximum Gasteiger partial charge on any atom is 0.308 e. The molecule has 1 heterocycles. The van der Waals surface area contributed by atoms with Gasteiger partial charge in [-0.3, -0.25) is 24.0 Å². The standard InChI is InChI=1S/C18H27NO10/c1-6-7-14(24)29-18-15(19-9(2)20)17(27-12(5)23)16(26-11(4)22)13(28-18)8-25-10(3)21/h13,15-18H,6-8H2,1-5H3,(H,19,20)/t13-,15+,16-,17-,18?/m1/s1. The molecule has 1 unspecified atom stereocenters. The van der Waals surface area contributed by atoms with E-state index in [0.29, 0.717) is 6.42 Å². The molecule has 1 aliphatic heterocycles. The van der Waals surface area contributed by atoms with E-state index in [1.807, 2.05) is 0 Å². The first-order valence-electron chi connectivity index (χ1n) is 9.15. The lowest BCUT2D eigenvalue weighted by atomic mass is 9.96. The number of hydrogen-bond acceptors (Lipinski definition) is 10. The maximum absolute atomic E-state index is 12.0. The fourth-order valence-corrected chi connectivity index (χ4v) is 2.78. The zero-order chi connectivity index (χ0) is 22.1. The Kier molecular flexibility index (Phi) is 9.53. The molecule has 0 aliphatic carbocycles. The van der Waals surface area contributed by atoms with Crippen molar-refractivity contribution in [2.24, 2.45) is 0 Å². The molecule has 1 saturated heterocycles. The maximum atomic E-state index is 12.0. The van der Waals surface area contributed by atoms with Crippen LogP contribution in [0.25, 0.3) is 0 Å². The SMILES string of the molecule is CCCC(=O)OC1O[C@H](COC(C)=O)[C@@H](OC(C)=O)[C@H](OC(C)=O)[C@@H]1NC(C)=O. The first kappa shape index (κ1) is 24.3. The molecular weight excluding hydrogens is 390 g/mol. The molecule has 11 heteroatoms. The first-order valence-corrected chi connectivity index (χ1v) is 9.15. The molecule has 0 aromatic rings. The zero-order valence-electron chi connectivity index (χ0n) is 17.1. The second-order valence-electron chi connectivity index (χ2n) is 6.46. The fourth-order valence-electron chi connectivity index (χ4n) is 2.78. The van der Waals surface area contributed by atoms with E-state index in [-0.39, 0.29) is 13.0 Å². The molecular formula is C18H27NO10. The van der Waals surface area contributed by atoms with E-state index in [1.54, 1.807) is 6.92 Å². The van der Waals surface area contributed by atoms with Crippen LogP contribution in [0.15, 0.2) is 0 Å². The Balaban J connectivity index is 3.29. The number of rotatable bonds is 8. The summed E-state index contributed by atoms with van der Waals surface area (Å²) in [5.41, 5.74) is 0. The highest BCUT2D eigenvalue weighted by Gasteiger charge is 2.52. The van der Waals surface area contributed by atoms with Crippen molar-refractivity contribution in [1.82, 2.24) is 5.32 Å². The van der Waals surface area contributed by atoms with Crippen LogP contribution in [0.4, 0.5) is 0 Å². The number of carbonyl (C=O) groups excluding carboxylic acids is 5. The van der Waals surface area contributed by atoms with Gasteiger partial charge in [-0.1, -0.05) is 6.92 Å². The molecule has 1 N–H and O–H groups in total. The van der Waals surface area contributed by atoms with Crippen LogP contribution in [-0.4, -0.2) is 67.0 Å². The smallest absolute Gasteiger partial charge is 0.308 e. The molecule has 0 radical (unpaired) electrons. The molecule has 1 aliphatic rings. The normalized spacial score (nSPS) is 26.0. The molecule has 1 amide bonds. The van der Waals surface area contributed by atoms with Crippen LogP contribution < -0.4 is 5.32 Å². The van der Waals surface area contributed by atoms with Crippen molar-refractivity contribution in [2.75, 3.05) is 6.61 Å². The zero-order valence-corrected chi connectivity index (χ0v) is 17.1. The fraction of sp³-hybridized carbons (Fsp3) is 0.722. The lowest BCUT2D eigenvalue weighted by Crippen LogP contribution is -2.66. The number of hydrogen-bond donors (Lipinski definition) is 1. The average molecular weight is 417 g/mol. The van der Waals surface area contributed by atoms with Gasteiger partial charge in [-0.05, 0) is 6.42 Å². The highest BCUT2D eigenvalue weighted by Crippen LogP contribution is 2.28. The molecule has 11 nitrogen and oxygen atoms in total. The Morgan fingerprint density at radius 2 is 1.45 bits per heavy atom. The molecule has 0 bridgehead atoms. The second kappa shape index (κ2) is 11.3. The molecule has 1 fully saturated rings. The molecule has 164 valence electrons. The van der Waals surface area contributed by atoms with Gasteiger partial charge in [0, 0.05) is 34.1 Å². The molecule has 0 aromatic carbocycles. The number of esters is 4. The van der Waals surface area contributed by atoms with Gasteiger partial charge in [-0.2, -0.15) is 0 Å². The van der Waals surface area contributed by atoms with Crippen LogP contribution in [-0.2, 0) is 47.7 Å². The summed E-state index contributed by atoms with van der Waals surface area (Å²) in [5, 5.41) is 2.51. The highest BCUT2D eigenvalue weighted by molar-refractivity contribution is 5.74. The van der Waals surface area contributed by atoms with Gasteiger partial charge in [-0.25, -0.2) is 0 Å². The summed E-state index contributed by atoms with van der Waals surface area (Å²) in [4.78, 5) is 58.2. The Morgan fingerprint density at radius 1 is 0.862 bits per heavy atom. The van der Waals surface area contributed by atoms with Crippen molar-refractivity contribution < 1.29 is 47.7 Å². The lowest BCUT2D eigenvalue weighted by molar-refractivity contribution is -0.271. The van der Waals surface area contributed by atoms with E-state index in [2.05, 4.69) is 5.32 Å². The van der Waals surface area contributed by atoms with Gasteiger partial charge in [0.15, 0.2) is 12.2 Å². The van der Waals surface area contributed by atoms with Crippen LogP contribution in [0, 0.1) is 0 Å². The quantitative estimate of drug-likeness (QED) is 0.423. The largest absolute Gasteiger partial charge is 0.463 e. The minimum Gasteiger partial charge on any atom is -0.463 e. The third-order valence-corrected chi connectivity index (χ3v) is 3.77. The minimum absolute atomic E-state index is 0.0901. The molecule has 0 saturated carbocycles. The van der Waals surface area contributed by atoms with Crippen LogP contribution in [0.3, 0.4) is 0 Å². The summed E-state index contributed by atoms with van der Waals surface area (Å²) in [6.07, 6.45) is -4.36. The van der Waals surface area contributed by atoms with Crippen LogP contribution in [0.1, 0.15) is 47.5 Å². The molecule has 0 spiro atoms. The van der Waals surface area contributed by atoms with Gasteiger partial charge in [0.2, 0.25) is 12.2 Å². The predicted octanol–water partition coefficient (Wildman–Crippen LogP) is -0.0142. The second-order valence-corrected chi connectivity index (χ2v) is 6.46. The van der Waals surface area contributed by atoms with Crippen molar-refractivity contribution in [3.05, 3.63) is 0 Å². The van der Waals surface area contributed by atoms with Crippen molar-refractivity contribution in [3.63, 3.8) is 0 Å². The van der Waals surface area contributed by atoms with Gasteiger partial charge in [0.25, 0.3) is 0 Å². The van der Waals surface area contributed by atoms with Gasteiger partial charge in [0.1, 0.15) is 18.8 Å². The third kappa shape index (κ3) is 8.06. The number of nitrogens with one attached hydrogen (secondary N) is 1. The van der Waals surface area contributed by atoms with E-state index in [4.69, 9.17) is 23.7 Å². The molecule has 0 aromatic heterocycles. The lowest BCUT2D eigenvalue weighted by Gasteiger charge is -2.44. The van der Waals surface area contributed by atoms with Gasteiger partial charge < -0.3 is 29.0 Å². The Hall–Kier alpha value is -2.69. The molecule has 29 heavy (non-hydrogen) atoms. The van der Waals surface area contributed by atoms with Crippen molar-refractivity contribution in [2.45, 2.75) is 78.1 Å². The summed E-state index contributed by atoms with van der Waals surface area (Å²) in [6.45, 7) is 6.06. The molecule has 1 rings (SSSR count). The van der Waals surface area contributed by atoms with Gasteiger partial charge in [-0.15, -0.1) is 0 Å². The number of amides is 1. The topological polar surface area (TPSA) is 144 Å². The minimum atomic E-state index is -1.37. The predicted molar refractivity (Wildman–Crippen MR) is 95.0 cm³/mol. The van der Waals surface area contributed by atoms with Crippen molar-refractivity contribution in [1.29, 1.82) is 0 Å². The highest BCUT2D eigenvalue weighted by atomic mass is 16.7. The van der Waals surface area contributed by atoms with Gasteiger partial charge in [0.05, 0.1) is 0 Å². The third-order valence-electron chi connectivity index (χ3n) is 3.77. The summed E-state index contributed by atoms with van der Waals surface area (Å²) in [6, 6.07) is -1.16. The first-order chi connectivity index (χ1) is 13.5. The van der Waals surface area contributed by atoms with E-state index in [0.717, 1.165) is 13.8 Å². The molecule has 5 atom stereocenters. The number of ether oxygens (including phenoxy) is 5. The van der Waals surface area contributed by atoms with Crippen LogP contribution >= 0.6 is 0 Å². The summed E-state index contributed by atoms with van der Waals surface area (Å²) >= 11 is 0. The van der Waals surface area contributed by atoms with E-state index >= 15 is 0 Å². The van der Waals surface area contributed by atoms with Gasteiger partial charge >= 0.3 is 23.9 Å². The Labute approximate surface area is 168 Å². The number of carbonyl (C=O) groups is 5. The monoisotopic (exact) mass is 417 g/mol. The average Bonchev–Trinajstić information content (AvgIpc) is 2.57. The van der Waals surface area contributed by atoms with E-state index < -0.39 is 60.4 Å². The Bertz CT molecular complexity index is 634. The van der Waals surface area contributed by atoms with Crippen molar-refractivity contribution >= 4 is 29.8 Å².